The van der Waals surface area contributed by atoms with Crippen LogP contribution in [0.2, 0.25) is 0 Å². The van der Waals surface area contributed by atoms with Gasteiger partial charge in [-0.25, -0.2) is 15.0 Å². The van der Waals surface area contributed by atoms with Gasteiger partial charge in [0.25, 0.3) is 0 Å². The van der Waals surface area contributed by atoms with Gasteiger partial charge in [-0.05, 0) is 25.0 Å². The number of anilines is 1. The molecule has 2 heterocycles. The second-order valence-electron chi connectivity index (χ2n) is 5.37. The summed E-state index contributed by atoms with van der Waals surface area (Å²) in [6.07, 6.45) is 4.34. The van der Waals surface area contributed by atoms with Crippen molar-refractivity contribution in [3.63, 3.8) is 0 Å². The largest absolute Gasteiger partial charge is 0.301 e. The number of rotatable bonds is 6. The zero-order valence-electron chi connectivity index (χ0n) is 14.0. The van der Waals surface area contributed by atoms with Crippen LogP contribution >= 0.6 is 23.1 Å². The predicted octanol–water partition coefficient (Wildman–Crippen LogP) is 4.28. The van der Waals surface area contributed by atoms with Crippen molar-refractivity contribution in [2.75, 3.05) is 5.32 Å². The summed E-state index contributed by atoms with van der Waals surface area (Å²) in [7, 11) is 0. The molecule has 1 atom stereocenters. The third-order valence-electron chi connectivity index (χ3n) is 3.59. The van der Waals surface area contributed by atoms with Crippen LogP contribution in [0.25, 0.3) is 11.3 Å². The molecule has 0 bridgehead atoms. The van der Waals surface area contributed by atoms with E-state index in [-0.39, 0.29) is 11.2 Å². The number of hydrogen-bond donors (Lipinski definition) is 1. The van der Waals surface area contributed by atoms with E-state index in [9.17, 15) is 4.79 Å². The number of aryl methyl sites for hydroxylation is 1. The molecule has 2 aromatic heterocycles. The lowest BCUT2D eigenvalue weighted by atomic mass is 10.1. The topological polar surface area (TPSA) is 67.8 Å². The summed E-state index contributed by atoms with van der Waals surface area (Å²) in [5.74, 6) is -0.111. The molecule has 1 N–H and O–H groups in total. The van der Waals surface area contributed by atoms with Crippen molar-refractivity contribution in [3.05, 3.63) is 53.7 Å². The van der Waals surface area contributed by atoms with Gasteiger partial charge in [0.15, 0.2) is 10.3 Å². The molecule has 0 aliphatic heterocycles. The number of benzene rings is 1. The lowest BCUT2D eigenvalue weighted by Crippen LogP contribution is -2.22. The normalized spacial score (nSPS) is 11.9. The third kappa shape index (κ3) is 4.64. The Morgan fingerprint density at radius 2 is 1.96 bits per heavy atom. The molecule has 0 aliphatic rings. The Balaban J connectivity index is 1.63. The van der Waals surface area contributed by atoms with E-state index in [1.807, 2.05) is 12.3 Å². The van der Waals surface area contributed by atoms with Crippen LogP contribution in [-0.4, -0.2) is 26.1 Å². The lowest BCUT2D eigenvalue weighted by molar-refractivity contribution is -0.115. The van der Waals surface area contributed by atoms with E-state index in [1.165, 1.54) is 28.7 Å². The molecule has 0 aliphatic carbocycles. The summed E-state index contributed by atoms with van der Waals surface area (Å²) in [6.45, 7) is 3.96. The molecule has 0 unspecified atom stereocenters. The van der Waals surface area contributed by atoms with Crippen molar-refractivity contribution >= 4 is 34.1 Å². The maximum Gasteiger partial charge on any atom is 0.239 e. The molecule has 3 rings (SSSR count). The van der Waals surface area contributed by atoms with E-state index in [2.05, 4.69) is 51.5 Å². The van der Waals surface area contributed by atoms with Crippen LogP contribution in [0, 0.1) is 0 Å². The second-order valence-corrected chi connectivity index (χ2v) is 7.54. The van der Waals surface area contributed by atoms with Crippen molar-refractivity contribution in [2.45, 2.75) is 30.7 Å². The van der Waals surface area contributed by atoms with Gasteiger partial charge in [-0.2, -0.15) is 0 Å². The highest BCUT2D eigenvalue weighted by molar-refractivity contribution is 8.00. The first kappa shape index (κ1) is 17.6. The highest BCUT2D eigenvalue weighted by atomic mass is 32.2. The minimum atomic E-state index is -0.307. The zero-order chi connectivity index (χ0) is 17.6. The molecule has 1 amide bonds. The summed E-state index contributed by atoms with van der Waals surface area (Å²) in [4.78, 5) is 25.1. The lowest BCUT2D eigenvalue weighted by Gasteiger charge is -2.08. The van der Waals surface area contributed by atoms with Gasteiger partial charge in [0, 0.05) is 23.3 Å². The Morgan fingerprint density at radius 3 is 2.64 bits per heavy atom. The van der Waals surface area contributed by atoms with E-state index in [4.69, 9.17) is 0 Å². The molecule has 5 nitrogen and oxygen atoms in total. The summed E-state index contributed by atoms with van der Waals surface area (Å²) >= 11 is 2.74. The van der Waals surface area contributed by atoms with Crippen molar-refractivity contribution in [2.24, 2.45) is 0 Å². The fraction of sp³-hybridized carbons (Fsp3) is 0.222. The number of carbonyl (C=O) groups excluding carboxylic acids is 1. The number of thiazole rings is 1. The first-order chi connectivity index (χ1) is 12.2. The summed E-state index contributed by atoms with van der Waals surface area (Å²) in [6, 6.07) is 10.1. The Morgan fingerprint density at radius 1 is 1.24 bits per heavy atom. The van der Waals surface area contributed by atoms with E-state index < -0.39 is 0 Å². The minimum absolute atomic E-state index is 0.111. The fourth-order valence-electron chi connectivity index (χ4n) is 2.14. The number of carbonyl (C=O) groups is 1. The quantitative estimate of drug-likeness (QED) is 0.518. The van der Waals surface area contributed by atoms with Crippen molar-refractivity contribution in [1.29, 1.82) is 0 Å². The van der Waals surface area contributed by atoms with Gasteiger partial charge in [-0.3, -0.25) is 4.79 Å². The van der Waals surface area contributed by atoms with E-state index in [0.717, 1.165) is 17.7 Å². The molecule has 0 spiro atoms. The number of nitrogens with zero attached hydrogens (tertiary/aromatic N) is 3. The third-order valence-corrected chi connectivity index (χ3v) is 5.33. The molecule has 7 heteroatoms. The monoisotopic (exact) mass is 370 g/mol. The number of amides is 1. The molecule has 0 fully saturated rings. The van der Waals surface area contributed by atoms with E-state index in [1.54, 1.807) is 18.5 Å². The molecule has 0 saturated heterocycles. The number of nitrogens with one attached hydrogen (secondary N) is 1. The van der Waals surface area contributed by atoms with Crippen LogP contribution in [0.5, 0.6) is 0 Å². The van der Waals surface area contributed by atoms with Crippen LogP contribution < -0.4 is 5.32 Å². The molecular formula is C18H18N4OS2. The van der Waals surface area contributed by atoms with Crippen molar-refractivity contribution in [1.82, 2.24) is 15.0 Å². The standard InChI is InChI=1S/C18H18N4OS2/c1-3-13-5-7-14(8-6-13)15-11-24-18(21-15)22-16(23)12(2)25-17-19-9-4-10-20-17/h4-12H,3H2,1-2H3,(H,21,22,23)/t12-/m1/s1. The molecule has 25 heavy (non-hydrogen) atoms. The Labute approximate surface area is 155 Å². The van der Waals surface area contributed by atoms with Gasteiger partial charge < -0.3 is 5.32 Å². The van der Waals surface area contributed by atoms with Gasteiger partial charge >= 0.3 is 0 Å². The average Bonchev–Trinajstić information content (AvgIpc) is 3.11. The van der Waals surface area contributed by atoms with E-state index >= 15 is 0 Å². The maximum atomic E-state index is 12.3. The van der Waals surface area contributed by atoms with Crippen LogP contribution in [0.1, 0.15) is 19.4 Å². The summed E-state index contributed by atoms with van der Waals surface area (Å²) < 4.78 is 0. The SMILES string of the molecule is CCc1ccc(-c2csc(NC(=O)[C@@H](C)Sc3ncccn3)n2)cc1. The number of hydrogen-bond acceptors (Lipinski definition) is 6. The van der Waals surface area contributed by atoms with Gasteiger partial charge in [0.2, 0.25) is 5.91 Å². The highest BCUT2D eigenvalue weighted by Crippen LogP contribution is 2.26. The molecule has 0 radical (unpaired) electrons. The van der Waals surface area contributed by atoms with Gasteiger partial charge in [0.05, 0.1) is 10.9 Å². The molecule has 0 saturated carbocycles. The molecule has 128 valence electrons. The molecule has 1 aromatic carbocycles. The summed E-state index contributed by atoms with van der Waals surface area (Å²) in [5, 5.41) is 5.70. The highest BCUT2D eigenvalue weighted by Gasteiger charge is 2.17. The first-order valence-corrected chi connectivity index (χ1v) is 9.71. The van der Waals surface area contributed by atoms with Crippen molar-refractivity contribution < 1.29 is 4.79 Å². The summed E-state index contributed by atoms with van der Waals surface area (Å²) in [5.41, 5.74) is 3.21. The predicted molar refractivity (Wildman–Crippen MR) is 103 cm³/mol. The van der Waals surface area contributed by atoms with Crippen LogP contribution in [0.4, 0.5) is 5.13 Å². The van der Waals surface area contributed by atoms with Crippen LogP contribution in [0.15, 0.2) is 53.3 Å². The van der Waals surface area contributed by atoms with Crippen LogP contribution in [0.3, 0.4) is 0 Å². The van der Waals surface area contributed by atoms with Crippen molar-refractivity contribution in [3.8, 4) is 11.3 Å². The van der Waals surface area contributed by atoms with Gasteiger partial charge in [-0.1, -0.05) is 43.0 Å². The minimum Gasteiger partial charge on any atom is -0.301 e. The molecule has 3 aromatic rings. The second kappa shape index (κ2) is 8.22. The Kier molecular flexibility index (Phi) is 5.78. The zero-order valence-corrected chi connectivity index (χ0v) is 15.6. The fourth-order valence-corrected chi connectivity index (χ4v) is 3.59. The first-order valence-electron chi connectivity index (χ1n) is 7.95. The maximum absolute atomic E-state index is 12.3. The van der Waals surface area contributed by atoms with Gasteiger partial charge in [0.1, 0.15) is 0 Å². The number of thioether (sulfide) groups is 1. The Hall–Kier alpha value is -2.25. The van der Waals surface area contributed by atoms with Crippen LogP contribution in [-0.2, 0) is 11.2 Å². The molecular weight excluding hydrogens is 352 g/mol. The van der Waals surface area contributed by atoms with Gasteiger partial charge in [-0.15, -0.1) is 11.3 Å². The average molecular weight is 371 g/mol. The van der Waals surface area contributed by atoms with E-state index in [0.29, 0.717) is 10.3 Å². The smallest absolute Gasteiger partial charge is 0.239 e. The number of aromatic nitrogens is 3. The Bertz CT molecular complexity index is 834.